The van der Waals surface area contributed by atoms with Crippen LogP contribution in [0.4, 0.5) is 5.69 Å². The van der Waals surface area contributed by atoms with Crippen molar-refractivity contribution in [3.8, 4) is 11.4 Å². The Balaban J connectivity index is 1.68. The summed E-state index contributed by atoms with van der Waals surface area (Å²) in [6, 6.07) is 10.9. The first-order chi connectivity index (χ1) is 12.2. The average Bonchev–Trinajstić information content (AvgIpc) is 3.05. The van der Waals surface area contributed by atoms with Gasteiger partial charge in [-0.3, -0.25) is 9.78 Å². The molecule has 0 aliphatic heterocycles. The number of pyridine rings is 1. The second kappa shape index (κ2) is 8.13. The number of para-hydroxylation sites is 1. The van der Waals surface area contributed by atoms with E-state index in [1.54, 1.807) is 24.5 Å². The zero-order chi connectivity index (χ0) is 17.6. The van der Waals surface area contributed by atoms with Gasteiger partial charge in [0.05, 0.1) is 16.5 Å². The molecule has 3 rings (SSSR count). The van der Waals surface area contributed by atoms with Crippen LogP contribution in [0.3, 0.4) is 0 Å². The van der Waals surface area contributed by atoms with E-state index in [9.17, 15) is 4.79 Å². The number of amides is 1. The van der Waals surface area contributed by atoms with Gasteiger partial charge < -0.3 is 9.88 Å². The molecule has 0 aliphatic carbocycles. The smallest absolute Gasteiger partial charge is 0.234 e. The monoisotopic (exact) mass is 373 g/mol. The number of rotatable bonds is 6. The molecule has 2 aromatic heterocycles. The molecule has 1 aromatic carbocycles. The van der Waals surface area contributed by atoms with Crippen LogP contribution >= 0.6 is 23.4 Å². The number of nitrogens with one attached hydrogen (secondary N) is 1. The summed E-state index contributed by atoms with van der Waals surface area (Å²) in [7, 11) is 0. The maximum atomic E-state index is 12.2. The fourth-order valence-corrected chi connectivity index (χ4v) is 3.25. The van der Waals surface area contributed by atoms with Gasteiger partial charge in [-0.1, -0.05) is 35.5 Å². The predicted octanol–water partition coefficient (Wildman–Crippen LogP) is 3.74. The van der Waals surface area contributed by atoms with Gasteiger partial charge in [-0.05, 0) is 31.2 Å². The van der Waals surface area contributed by atoms with E-state index in [2.05, 4.69) is 20.5 Å². The van der Waals surface area contributed by atoms with Crippen molar-refractivity contribution in [2.45, 2.75) is 18.6 Å². The van der Waals surface area contributed by atoms with Gasteiger partial charge >= 0.3 is 0 Å². The van der Waals surface area contributed by atoms with E-state index in [0.717, 1.165) is 11.4 Å². The fraction of sp³-hybridized carbons (Fsp3) is 0.176. The van der Waals surface area contributed by atoms with Gasteiger partial charge in [0.2, 0.25) is 5.91 Å². The first-order valence-electron chi connectivity index (χ1n) is 7.69. The first-order valence-corrected chi connectivity index (χ1v) is 9.06. The molecule has 6 nitrogen and oxygen atoms in total. The summed E-state index contributed by atoms with van der Waals surface area (Å²) in [4.78, 5) is 16.3. The largest absolute Gasteiger partial charge is 0.324 e. The number of hydrogen-bond acceptors (Lipinski definition) is 5. The molecule has 0 spiro atoms. The van der Waals surface area contributed by atoms with Gasteiger partial charge in [0, 0.05) is 24.5 Å². The number of carbonyl (C=O) groups is 1. The van der Waals surface area contributed by atoms with Crippen molar-refractivity contribution in [3.05, 3.63) is 53.8 Å². The molecule has 3 aromatic rings. The summed E-state index contributed by atoms with van der Waals surface area (Å²) in [5.41, 5.74) is 1.49. The zero-order valence-electron chi connectivity index (χ0n) is 13.5. The maximum Gasteiger partial charge on any atom is 0.234 e. The second-order valence-electron chi connectivity index (χ2n) is 5.11. The minimum Gasteiger partial charge on any atom is -0.324 e. The Morgan fingerprint density at radius 2 is 2.08 bits per heavy atom. The van der Waals surface area contributed by atoms with Crippen LogP contribution in [0.15, 0.2) is 53.9 Å². The number of hydrogen-bond donors (Lipinski definition) is 1. The highest BCUT2D eigenvalue weighted by atomic mass is 35.5. The lowest BCUT2D eigenvalue weighted by molar-refractivity contribution is -0.113. The van der Waals surface area contributed by atoms with Crippen molar-refractivity contribution < 1.29 is 4.79 Å². The van der Waals surface area contributed by atoms with Crippen LogP contribution in [0.5, 0.6) is 0 Å². The molecule has 0 bridgehead atoms. The number of anilines is 1. The molecule has 128 valence electrons. The predicted molar refractivity (Wildman–Crippen MR) is 99.7 cm³/mol. The van der Waals surface area contributed by atoms with E-state index in [1.807, 2.05) is 35.8 Å². The molecule has 0 saturated heterocycles. The molecule has 0 unspecified atom stereocenters. The van der Waals surface area contributed by atoms with Gasteiger partial charge in [0.15, 0.2) is 11.0 Å². The highest BCUT2D eigenvalue weighted by Gasteiger charge is 2.15. The van der Waals surface area contributed by atoms with E-state index in [0.29, 0.717) is 22.4 Å². The summed E-state index contributed by atoms with van der Waals surface area (Å²) >= 11 is 7.38. The Hall–Kier alpha value is -2.38. The van der Waals surface area contributed by atoms with Crippen molar-refractivity contribution in [1.29, 1.82) is 0 Å². The van der Waals surface area contributed by atoms with Crippen LogP contribution in [-0.2, 0) is 11.3 Å². The van der Waals surface area contributed by atoms with E-state index in [-0.39, 0.29) is 11.7 Å². The Bertz CT molecular complexity index is 868. The molecule has 0 fully saturated rings. The zero-order valence-corrected chi connectivity index (χ0v) is 15.1. The molecular formula is C17H16ClN5OS. The van der Waals surface area contributed by atoms with Gasteiger partial charge in [-0.25, -0.2) is 0 Å². The number of aromatic nitrogens is 4. The van der Waals surface area contributed by atoms with Gasteiger partial charge in [0.25, 0.3) is 0 Å². The van der Waals surface area contributed by atoms with Crippen LogP contribution in [0.1, 0.15) is 6.92 Å². The van der Waals surface area contributed by atoms with Crippen molar-refractivity contribution >= 4 is 35.0 Å². The molecule has 8 heteroatoms. The summed E-state index contributed by atoms with van der Waals surface area (Å²) in [5.74, 6) is 0.812. The fourth-order valence-electron chi connectivity index (χ4n) is 2.27. The number of halogens is 1. The van der Waals surface area contributed by atoms with Gasteiger partial charge in [-0.2, -0.15) is 0 Å². The lowest BCUT2D eigenvalue weighted by Crippen LogP contribution is -2.15. The summed E-state index contributed by atoms with van der Waals surface area (Å²) in [6.07, 6.45) is 3.46. The standard InChI is InChI=1S/C17H16ClN5OS/c1-2-23-16(12-6-5-9-19-10-12)21-22-17(23)25-11-15(24)20-14-8-4-3-7-13(14)18/h3-10H,2,11H2,1H3,(H,20,24). The van der Waals surface area contributed by atoms with Crippen molar-refractivity contribution in [3.63, 3.8) is 0 Å². The second-order valence-corrected chi connectivity index (χ2v) is 6.46. The summed E-state index contributed by atoms with van der Waals surface area (Å²) < 4.78 is 1.96. The van der Waals surface area contributed by atoms with E-state index in [1.165, 1.54) is 11.8 Å². The molecule has 25 heavy (non-hydrogen) atoms. The Morgan fingerprint density at radius 1 is 1.24 bits per heavy atom. The highest BCUT2D eigenvalue weighted by molar-refractivity contribution is 7.99. The van der Waals surface area contributed by atoms with E-state index in [4.69, 9.17) is 11.6 Å². The highest BCUT2D eigenvalue weighted by Crippen LogP contribution is 2.24. The van der Waals surface area contributed by atoms with Crippen LogP contribution in [-0.4, -0.2) is 31.4 Å². The molecule has 0 radical (unpaired) electrons. The van der Waals surface area contributed by atoms with Crippen molar-refractivity contribution in [2.75, 3.05) is 11.1 Å². The Labute approximate surface area is 154 Å². The van der Waals surface area contributed by atoms with Gasteiger partial charge in [-0.15, -0.1) is 10.2 Å². The molecular weight excluding hydrogens is 358 g/mol. The third-order valence-corrected chi connectivity index (χ3v) is 4.73. The number of thioether (sulfide) groups is 1. The van der Waals surface area contributed by atoms with Crippen LogP contribution < -0.4 is 5.32 Å². The normalized spacial score (nSPS) is 10.6. The number of benzene rings is 1. The third-order valence-electron chi connectivity index (χ3n) is 3.43. The maximum absolute atomic E-state index is 12.2. The van der Waals surface area contributed by atoms with E-state index < -0.39 is 0 Å². The molecule has 2 heterocycles. The Kier molecular flexibility index (Phi) is 5.67. The SMILES string of the molecule is CCn1c(SCC(=O)Nc2ccccc2Cl)nnc1-c1cccnc1. The number of carbonyl (C=O) groups excluding carboxylic acids is 1. The molecule has 0 aliphatic rings. The number of nitrogens with zero attached hydrogens (tertiary/aromatic N) is 4. The summed E-state index contributed by atoms with van der Waals surface area (Å²) in [6.45, 7) is 2.71. The third kappa shape index (κ3) is 4.18. The van der Waals surface area contributed by atoms with Crippen LogP contribution in [0, 0.1) is 0 Å². The van der Waals surface area contributed by atoms with E-state index >= 15 is 0 Å². The first kappa shape index (κ1) is 17.4. The molecule has 1 amide bonds. The topological polar surface area (TPSA) is 72.7 Å². The quantitative estimate of drug-likeness (QED) is 0.666. The summed E-state index contributed by atoms with van der Waals surface area (Å²) in [5, 5.41) is 12.4. The molecule has 0 saturated carbocycles. The van der Waals surface area contributed by atoms with Crippen molar-refractivity contribution in [2.24, 2.45) is 0 Å². The van der Waals surface area contributed by atoms with Crippen LogP contribution in [0.25, 0.3) is 11.4 Å². The average molecular weight is 374 g/mol. The van der Waals surface area contributed by atoms with Gasteiger partial charge in [0.1, 0.15) is 0 Å². The van der Waals surface area contributed by atoms with Crippen molar-refractivity contribution in [1.82, 2.24) is 19.7 Å². The minimum absolute atomic E-state index is 0.147. The molecule has 0 atom stereocenters. The molecule has 1 N–H and O–H groups in total. The van der Waals surface area contributed by atoms with Crippen LogP contribution in [0.2, 0.25) is 5.02 Å². The lowest BCUT2D eigenvalue weighted by Gasteiger charge is -2.08. The Morgan fingerprint density at radius 3 is 2.80 bits per heavy atom. The minimum atomic E-state index is -0.147. The lowest BCUT2D eigenvalue weighted by atomic mass is 10.3.